The number of hydrogen-bond acceptors (Lipinski definition) is 3. The number of nitriles is 1. The van der Waals surface area contributed by atoms with Gasteiger partial charge in [0.15, 0.2) is 0 Å². The molecule has 0 N–H and O–H groups in total. The summed E-state index contributed by atoms with van der Waals surface area (Å²) in [5, 5.41) is 8.90. The Morgan fingerprint density at radius 3 is 2.93 bits per heavy atom. The lowest BCUT2D eigenvalue weighted by atomic mass is 9.81. The van der Waals surface area contributed by atoms with Crippen LogP contribution in [-0.4, -0.2) is 37.7 Å². The second-order valence-corrected chi connectivity index (χ2v) is 4.92. The van der Waals surface area contributed by atoms with Gasteiger partial charge in [0.2, 0.25) is 0 Å². The maximum Gasteiger partial charge on any atom is 0.0669 e. The van der Waals surface area contributed by atoms with Gasteiger partial charge in [0.1, 0.15) is 0 Å². The minimum Gasteiger partial charge on any atom is -0.381 e. The molecule has 0 aromatic heterocycles. The van der Waals surface area contributed by atoms with E-state index < -0.39 is 0 Å². The lowest BCUT2D eigenvalue weighted by Gasteiger charge is -2.39. The summed E-state index contributed by atoms with van der Waals surface area (Å²) >= 11 is 0. The summed E-state index contributed by atoms with van der Waals surface area (Å²) in [5.74, 6) is 1.09. The SMILES string of the molecule is COC1CC(CN2CCCC(C#N)C2)C1. The highest BCUT2D eigenvalue weighted by atomic mass is 16.5. The molecule has 0 bridgehead atoms. The van der Waals surface area contributed by atoms with Gasteiger partial charge in [-0.2, -0.15) is 5.26 Å². The monoisotopic (exact) mass is 208 g/mol. The van der Waals surface area contributed by atoms with Gasteiger partial charge in [-0.05, 0) is 38.1 Å². The molecule has 1 aliphatic carbocycles. The van der Waals surface area contributed by atoms with E-state index in [4.69, 9.17) is 10.00 Å². The van der Waals surface area contributed by atoms with E-state index in [0.717, 1.165) is 18.9 Å². The van der Waals surface area contributed by atoms with Crippen molar-refractivity contribution in [3.05, 3.63) is 0 Å². The summed E-state index contributed by atoms with van der Waals surface area (Å²) in [6.45, 7) is 3.36. The zero-order valence-electron chi connectivity index (χ0n) is 9.48. The third kappa shape index (κ3) is 2.70. The summed E-state index contributed by atoms with van der Waals surface area (Å²) in [7, 11) is 1.80. The van der Waals surface area contributed by atoms with E-state index >= 15 is 0 Å². The molecule has 3 nitrogen and oxygen atoms in total. The van der Waals surface area contributed by atoms with Gasteiger partial charge < -0.3 is 9.64 Å². The molecule has 1 heterocycles. The van der Waals surface area contributed by atoms with Crippen molar-refractivity contribution in [2.75, 3.05) is 26.7 Å². The Balaban J connectivity index is 1.69. The number of methoxy groups -OCH3 is 1. The number of likely N-dealkylation sites (tertiary alicyclic amines) is 1. The summed E-state index contributed by atoms with van der Waals surface area (Å²) < 4.78 is 5.28. The normalized spacial score (nSPS) is 36.9. The largest absolute Gasteiger partial charge is 0.381 e. The molecule has 0 amide bonds. The first-order chi connectivity index (χ1) is 7.31. The third-order valence-corrected chi connectivity index (χ3v) is 3.73. The van der Waals surface area contributed by atoms with E-state index in [1.807, 2.05) is 0 Å². The Morgan fingerprint density at radius 1 is 1.47 bits per heavy atom. The maximum absolute atomic E-state index is 8.90. The van der Waals surface area contributed by atoms with Gasteiger partial charge in [-0.1, -0.05) is 0 Å². The molecule has 15 heavy (non-hydrogen) atoms. The molecule has 0 spiro atoms. The van der Waals surface area contributed by atoms with Crippen LogP contribution in [0.15, 0.2) is 0 Å². The fourth-order valence-corrected chi connectivity index (χ4v) is 2.71. The van der Waals surface area contributed by atoms with Crippen LogP contribution in [0.25, 0.3) is 0 Å². The number of ether oxygens (including phenoxy) is 1. The highest BCUT2D eigenvalue weighted by Crippen LogP contribution is 2.31. The molecular weight excluding hydrogens is 188 g/mol. The molecule has 1 aliphatic heterocycles. The minimum atomic E-state index is 0.275. The van der Waals surface area contributed by atoms with Crippen LogP contribution in [0.2, 0.25) is 0 Å². The van der Waals surface area contributed by atoms with E-state index in [-0.39, 0.29) is 5.92 Å². The van der Waals surface area contributed by atoms with E-state index in [1.165, 1.54) is 32.4 Å². The van der Waals surface area contributed by atoms with Gasteiger partial charge in [-0.15, -0.1) is 0 Å². The highest BCUT2D eigenvalue weighted by Gasteiger charge is 2.31. The lowest BCUT2D eigenvalue weighted by molar-refractivity contribution is -0.0139. The average molecular weight is 208 g/mol. The molecule has 0 aromatic rings. The molecular formula is C12H20N2O. The maximum atomic E-state index is 8.90. The number of piperidine rings is 1. The van der Waals surface area contributed by atoms with E-state index in [0.29, 0.717) is 6.10 Å². The van der Waals surface area contributed by atoms with E-state index in [9.17, 15) is 0 Å². The van der Waals surface area contributed by atoms with Crippen molar-refractivity contribution in [2.24, 2.45) is 11.8 Å². The molecule has 84 valence electrons. The van der Waals surface area contributed by atoms with Crippen LogP contribution in [0.4, 0.5) is 0 Å². The van der Waals surface area contributed by atoms with Crippen molar-refractivity contribution in [3.8, 4) is 6.07 Å². The molecule has 1 atom stereocenters. The van der Waals surface area contributed by atoms with Crippen LogP contribution in [0.3, 0.4) is 0 Å². The van der Waals surface area contributed by atoms with Gasteiger partial charge in [0, 0.05) is 20.2 Å². The molecule has 3 heteroatoms. The van der Waals surface area contributed by atoms with Gasteiger partial charge in [-0.3, -0.25) is 0 Å². The van der Waals surface area contributed by atoms with Crippen molar-refractivity contribution in [1.29, 1.82) is 5.26 Å². The van der Waals surface area contributed by atoms with Crippen molar-refractivity contribution < 1.29 is 4.74 Å². The van der Waals surface area contributed by atoms with E-state index in [2.05, 4.69) is 11.0 Å². The number of nitrogens with zero attached hydrogens (tertiary/aromatic N) is 2. The fourth-order valence-electron chi connectivity index (χ4n) is 2.71. The topological polar surface area (TPSA) is 36.3 Å². The summed E-state index contributed by atoms with van der Waals surface area (Å²) in [6, 6.07) is 2.40. The predicted molar refractivity (Wildman–Crippen MR) is 58.3 cm³/mol. The second kappa shape index (κ2) is 4.96. The van der Waals surface area contributed by atoms with Crippen LogP contribution in [-0.2, 0) is 4.74 Å². The smallest absolute Gasteiger partial charge is 0.0669 e. The number of hydrogen-bond donors (Lipinski definition) is 0. The van der Waals surface area contributed by atoms with Gasteiger partial charge >= 0.3 is 0 Å². The van der Waals surface area contributed by atoms with Crippen molar-refractivity contribution in [1.82, 2.24) is 4.90 Å². The summed E-state index contributed by atoms with van der Waals surface area (Å²) in [6.07, 6.45) is 5.22. The predicted octanol–water partition coefficient (Wildman–Crippen LogP) is 1.65. The Kier molecular flexibility index (Phi) is 3.61. The number of rotatable bonds is 3. The summed E-state index contributed by atoms with van der Waals surface area (Å²) in [5.41, 5.74) is 0. The molecule has 1 unspecified atom stereocenters. The third-order valence-electron chi connectivity index (χ3n) is 3.73. The molecule has 0 aromatic carbocycles. The highest BCUT2D eigenvalue weighted by molar-refractivity contribution is 4.90. The standard InChI is InChI=1S/C12H20N2O/c1-15-12-5-11(6-12)9-14-4-2-3-10(7-13)8-14/h10-12H,2-6,8-9H2,1H3. The van der Waals surface area contributed by atoms with Crippen LogP contribution >= 0.6 is 0 Å². The zero-order valence-corrected chi connectivity index (χ0v) is 9.48. The quantitative estimate of drug-likeness (QED) is 0.707. The first kappa shape index (κ1) is 10.9. The molecule has 2 fully saturated rings. The van der Waals surface area contributed by atoms with E-state index in [1.54, 1.807) is 7.11 Å². The molecule has 1 saturated heterocycles. The fraction of sp³-hybridized carbons (Fsp3) is 0.917. The van der Waals surface area contributed by atoms with Crippen molar-refractivity contribution in [2.45, 2.75) is 31.8 Å². The van der Waals surface area contributed by atoms with Gasteiger partial charge in [-0.25, -0.2) is 0 Å². The van der Waals surface area contributed by atoms with Crippen LogP contribution in [0, 0.1) is 23.2 Å². The average Bonchev–Trinajstić information content (AvgIpc) is 2.23. The van der Waals surface area contributed by atoms with Crippen LogP contribution in [0.1, 0.15) is 25.7 Å². The first-order valence-corrected chi connectivity index (χ1v) is 5.96. The Hall–Kier alpha value is -0.590. The molecule has 2 aliphatic rings. The first-order valence-electron chi connectivity index (χ1n) is 5.96. The molecule has 0 radical (unpaired) electrons. The minimum absolute atomic E-state index is 0.275. The van der Waals surface area contributed by atoms with Crippen molar-refractivity contribution in [3.63, 3.8) is 0 Å². The Labute approximate surface area is 92.0 Å². The van der Waals surface area contributed by atoms with Crippen LogP contribution in [0.5, 0.6) is 0 Å². The summed E-state index contributed by atoms with van der Waals surface area (Å²) in [4.78, 5) is 2.47. The Bertz CT molecular complexity index is 242. The van der Waals surface area contributed by atoms with Gasteiger partial charge in [0.05, 0.1) is 18.1 Å². The van der Waals surface area contributed by atoms with Crippen LogP contribution < -0.4 is 0 Å². The lowest BCUT2D eigenvalue weighted by Crippen LogP contribution is -2.43. The Morgan fingerprint density at radius 2 is 2.27 bits per heavy atom. The second-order valence-electron chi connectivity index (χ2n) is 4.92. The zero-order chi connectivity index (χ0) is 10.7. The molecule has 1 saturated carbocycles. The van der Waals surface area contributed by atoms with Crippen molar-refractivity contribution >= 4 is 0 Å². The van der Waals surface area contributed by atoms with Gasteiger partial charge in [0.25, 0.3) is 0 Å². The molecule has 2 rings (SSSR count).